The minimum absolute atomic E-state index is 0.248. The number of hydrogen-bond acceptors (Lipinski definition) is 0. The Morgan fingerprint density at radius 1 is 0.318 bits per heavy atom. The zero-order valence-corrected chi connectivity index (χ0v) is 37.0. The second-order valence-electron chi connectivity index (χ2n) is 16.5. The molecule has 0 nitrogen and oxygen atoms in total. The lowest BCUT2D eigenvalue weighted by molar-refractivity contribution is 0.627. The molecule has 0 aromatic heterocycles. The average molecular weight is 855 g/mol. The SMILES string of the molecule is Cc1cc(-c2ccc(C=Cc3ccccc3C=C(c3ccccc3)c3ccc(F)cc3)cc2)c(C)cc1-c1ccc(C=Cc2ccccc2C=C(c2ccccc2)c2ccc(F)cc2)cc1. The van der Waals surface area contributed by atoms with E-state index in [-0.39, 0.29) is 11.6 Å². The van der Waals surface area contributed by atoms with Crippen LogP contribution in [-0.2, 0) is 0 Å². The first-order valence-corrected chi connectivity index (χ1v) is 22.3. The van der Waals surface area contributed by atoms with Crippen LogP contribution in [0.1, 0.15) is 66.8 Å². The van der Waals surface area contributed by atoms with Crippen molar-refractivity contribution in [3.8, 4) is 22.3 Å². The molecule has 0 aliphatic rings. The van der Waals surface area contributed by atoms with E-state index in [1.54, 1.807) is 0 Å². The molecule has 0 amide bonds. The van der Waals surface area contributed by atoms with Gasteiger partial charge in [-0.25, -0.2) is 8.78 Å². The normalized spacial score (nSPS) is 12.0. The predicted octanol–water partition coefficient (Wildman–Crippen LogP) is 17.4. The lowest BCUT2D eigenvalue weighted by atomic mass is 9.91. The maximum atomic E-state index is 13.9. The Morgan fingerprint density at radius 2 is 0.636 bits per heavy atom. The third kappa shape index (κ3) is 10.3. The van der Waals surface area contributed by atoms with Crippen LogP contribution < -0.4 is 0 Å². The van der Waals surface area contributed by atoms with Crippen LogP contribution in [-0.4, -0.2) is 0 Å². The molecule has 0 N–H and O–H groups in total. The summed E-state index contributed by atoms with van der Waals surface area (Å²) >= 11 is 0. The van der Waals surface area contributed by atoms with E-state index in [2.05, 4.69) is 184 Å². The largest absolute Gasteiger partial charge is 0.207 e. The summed E-state index contributed by atoms with van der Waals surface area (Å²) in [5, 5.41) is 0. The first kappa shape index (κ1) is 43.1. The minimum Gasteiger partial charge on any atom is -0.207 e. The predicted molar refractivity (Wildman–Crippen MR) is 277 cm³/mol. The fraction of sp³-hybridized carbons (Fsp3) is 0.0312. The van der Waals surface area contributed by atoms with Gasteiger partial charge in [0.15, 0.2) is 0 Å². The first-order valence-electron chi connectivity index (χ1n) is 22.3. The Balaban J connectivity index is 0.911. The van der Waals surface area contributed by atoms with E-state index in [0.29, 0.717) is 0 Å². The summed E-state index contributed by atoms with van der Waals surface area (Å²) in [5.41, 5.74) is 20.0. The molecule has 9 aromatic rings. The third-order valence-corrected chi connectivity index (χ3v) is 12.0. The van der Waals surface area contributed by atoms with Crippen LogP contribution in [0.5, 0.6) is 0 Å². The van der Waals surface area contributed by atoms with Crippen LogP contribution in [0.15, 0.2) is 218 Å². The van der Waals surface area contributed by atoms with Gasteiger partial charge in [0.2, 0.25) is 0 Å². The van der Waals surface area contributed by atoms with Crippen LogP contribution in [0, 0.1) is 25.5 Å². The molecule has 2 heteroatoms. The van der Waals surface area contributed by atoms with Gasteiger partial charge in [0.05, 0.1) is 0 Å². The number of hydrogen-bond donors (Lipinski definition) is 0. The van der Waals surface area contributed by atoms with Gasteiger partial charge in [0, 0.05) is 0 Å². The molecule has 0 fully saturated rings. The summed E-state index contributed by atoms with van der Waals surface area (Å²) in [7, 11) is 0. The van der Waals surface area contributed by atoms with Gasteiger partial charge in [-0.2, -0.15) is 0 Å². The Hall–Kier alpha value is -8.20. The molecule has 9 aromatic carbocycles. The second-order valence-corrected chi connectivity index (χ2v) is 16.5. The summed E-state index contributed by atoms with van der Waals surface area (Å²) in [4.78, 5) is 0. The first-order chi connectivity index (χ1) is 32.3. The van der Waals surface area contributed by atoms with E-state index in [9.17, 15) is 8.78 Å². The highest BCUT2D eigenvalue weighted by molar-refractivity contribution is 5.95. The van der Waals surface area contributed by atoms with E-state index in [0.717, 1.165) is 66.8 Å². The van der Waals surface area contributed by atoms with Crippen molar-refractivity contribution < 1.29 is 8.78 Å². The molecular weight excluding hydrogens is 807 g/mol. The van der Waals surface area contributed by atoms with Crippen LogP contribution in [0.25, 0.3) is 69.9 Å². The summed E-state index contributed by atoms with van der Waals surface area (Å²) < 4.78 is 27.7. The third-order valence-electron chi connectivity index (χ3n) is 12.0. The second kappa shape index (κ2) is 20.1. The number of benzene rings is 9. The smallest absolute Gasteiger partial charge is 0.123 e. The van der Waals surface area contributed by atoms with E-state index >= 15 is 0 Å². The van der Waals surface area contributed by atoms with Crippen molar-refractivity contribution in [3.05, 3.63) is 297 Å². The molecule has 0 saturated heterocycles. The standard InChI is InChI=1S/C64H48F2/c1-45-41-62(54-31-25-48(26-32-54)22-28-50-14-10-12-20-58(50)44-64(52-17-7-4-8-18-52)56-35-39-60(66)40-36-56)46(2)42-61(45)53-29-23-47(24-30-53)21-27-49-13-9-11-19-57(49)43-63(51-15-5-3-6-16-51)55-33-37-59(65)38-34-55/h3-44H,1-2H3. The summed E-state index contributed by atoms with van der Waals surface area (Å²) in [6, 6.07) is 72.7. The molecular formula is C64H48F2. The molecule has 318 valence electrons. The molecule has 0 atom stereocenters. The lowest BCUT2D eigenvalue weighted by Gasteiger charge is -2.13. The van der Waals surface area contributed by atoms with E-state index in [1.165, 1.54) is 57.6 Å². The van der Waals surface area contributed by atoms with Crippen molar-refractivity contribution in [1.82, 2.24) is 0 Å². The summed E-state index contributed by atoms with van der Waals surface area (Å²) in [6.45, 7) is 4.38. The van der Waals surface area contributed by atoms with Crippen molar-refractivity contribution in [1.29, 1.82) is 0 Å². The zero-order valence-electron chi connectivity index (χ0n) is 37.0. The molecule has 0 unspecified atom stereocenters. The fourth-order valence-corrected chi connectivity index (χ4v) is 8.42. The van der Waals surface area contributed by atoms with E-state index in [1.807, 2.05) is 60.7 Å². The van der Waals surface area contributed by atoms with Crippen LogP contribution >= 0.6 is 0 Å². The maximum absolute atomic E-state index is 13.9. The Bertz CT molecular complexity index is 2980. The number of halogens is 2. The summed E-state index contributed by atoms with van der Waals surface area (Å²) in [6.07, 6.45) is 13.0. The molecule has 0 spiro atoms. The van der Waals surface area contributed by atoms with Gasteiger partial charge in [-0.15, -0.1) is 0 Å². The molecule has 0 saturated carbocycles. The Kier molecular flexibility index (Phi) is 13.1. The van der Waals surface area contributed by atoms with Gasteiger partial charge in [0.1, 0.15) is 11.6 Å². The molecule has 0 bridgehead atoms. The quantitative estimate of drug-likeness (QED) is 0.107. The van der Waals surface area contributed by atoms with Gasteiger partial charge in [0.25, 0.3) is 0 Å². The van der Waals surface area contributed by atoms with Crippen molar-refractivity contribution in [2.75, 3.05) is 0 Å². The molecule has 66 heavy (non-hydrogen) atoms. The molecule has 0 aliphatic carbocycles. The van der Waals surface area contributed by atoms with Crippen molar-refractivity contribution in [2.24, 2.45) is 0 Å². The maximum Gasteiger partial charge on any atom is 0.123 e. The van der Waals surface area contributed by atoms with Crippen molar-refractivity contribution >= 4 is 47.6 Å². The highest BCUT2D eigenvalue weighted by atomic mass is 19.1. The van der Waals surface area contributed by atoms with E-state index < -0.39 is 0 Å². The lowest BCUT2D eigenvalue weighted by Crippen LogP contribution is -1.91. The number of rotatable bonds is 12. The highest BCUT2D eigenvalue weighted by Crippen LogP contribution is 2.34. The highest BCUT2D eigenvalue weighted by Gasteiger charge is 2.11. The van der Waals surface area contributed by atoms with Gasteiger partial charge in [-0.05, 0) is 150 Å². The van der Waals surface area contributed by atoms with Gasteiger partial charge in [-0.3, -0.25) is 0 Å². The van der Waals surface area contributed by atoms with Gasteiger partial charge < -0.3 is 0 Å². The fourth-order valence-electron chi connectivity index (χ4n) is 8.42. The Morgan fingerprint density at radius 3 is 1.00 bits per heavy atom. The zero-order chi connectivity index (χ0) is 45.2. The molecule has 0 heterocycles. The molecule has 0 aliphatic heterocycles. The van der Waals surface area contributed by atoms with Crippen molar-refractivity contribution in [2.45, 2.75) is 13.8 Å². The molecule has 0 radical (unpaired) electrons. The average Bonchev–Trinajstić information content (AvgIpc) is 3.36. The van der Waals surface area contributed by atoms with Gasteiger partial charge in [-0.1, -0.05) is 218 Å². The Labute approximate surface area is 387 Å². The number of aryl methyl sites for hydroxylation is 2. The van der Waals surface area contributed by atoms with Crippen LogP contribution in [0.2, 0.25) is 0 Å². The van der Waals surface area contributed by atoms with Crippen LogP contribution in [0.3, 0.4) is 0 Å². The summed E-state index contributed by atoms with van der Waals surface area (Å²) in [5.74, 6) is -0.496. The van der Waals surface area contributed by atoms with Gasteiger partial charge >= 0.3 is 0 Å². The van der Waals surface area contributed by atoms with Crippen molar-refractivity contribution in [3.63, 3.8) is 0 Å². The molecule has 9 rings (SSSR count). The topological polar surface area (TPSA) is 0 Å². The van der Waals surface area contributed by atoms with E-state index in [4.69, 9.17) is 0 Å². The monoisotopic (exact) mass is 854 g/mol. The minimum atomic E-state index is -0.248. The van der Waals surface area contributed by atoms with Crippen LogP contribution in [0.4, 0.5) is 8.78 Å².